The van der Waals surface area contributed by atoms with Crippen molar-refractivity contribution >= 4 is 24.4 Å². The van der Waals surface area contributed by atoms with E-state index in [2.05, 4.69) is 93.1 Å². The summed E-state index contributed by atoms with van der Waals surface area (Å²) in [6.45, 7) is 11.3. The molecular weight excluding hydrogens is 374 g/mol. The predicted molar refractivity (Wildman–Crippen MR) is 123 cm³/mol. The Kier molecular flexibility index (Phi) is 6.20. The van der Waals surface area contributed by atoms with Crippen LogP contribution in [0.1, 0.15) is 51.9 Å². The quantitative estimate of drug-likeness (QED) is 0.623. The molecule has 1 aromatic heterocycles. The highest BCUT2D eigenvalue weighted by molar-refractivity contribution is 6.99. The van der Waals surface area contributed by atoms with E-state index in [-0.39, 0.29) is 11.0 Å². The molecule has 0 spiro atoms. The van der Waals surface area contributed by atoms with Gasteiger partial charge in [-0.1, -0.05) is 95.3 Å². The summed E-state index contributed by atoms with van der Waals surface area (Å²) in [7, 11) is -2.62. The van der Waals surface area contributed by atoms with Gasteiger partial charge in [0, 0.05) is 0 Å². The summed E-state index contributed by atoms with van der Waals surface area (Å²) in [4.78, 5) is 8.82. The molecule has 0 aliphatic carbocycles. The maximum absolute atomic E-state index is 6.94. The average molecular weight is 406 g/mol. The third-order valence-corrected chi connectivity index (χ3v) is 10.4. The van der Waals surface area contributed by atoms with Crippen LogP contribution in [-0.4, -0.2) is 18.3 Å². The SMILES string of the molecule is CC(C)c1ncnc(CO[Si](c2ccccc2)(c2ccccc2)C(C)(C)C)c1N. The Morgan fingerprint density at radius 2 is 1.41 bits per heavy atom. The first-order chi connectivity index (χ1) is 13.8. The highest BCUT2D eigenvalue weighted by Crippen LogP contribution is 2.37. The number of nitrogen functional groups attached to an aromatic ring is 1. The van der Waals surface area contributed by atoms with Gasteiger partial charge < -0.3 is 10.2 Å². The van der Waals surface area contributed by atoms with Gasteiger partial charge in [0.1, 0.15) is 6.33 Å². The minimum atomic E-state index is -2.62. The topological polar surface area (TPSA) is 61.0 Å². The molecule has 0 aliphatic heterocycles. The van der Waals surface area contributed by atoms with Crippen LogP contribution in [0.3, 0.4) is 0 Å². The monoisotopic (exact) mass is 405 g/mol. The van der Waals surface area contributed by atoms with Crippen molar-refractivity contribution in [1.82, 2.24) is 9.97 Å². The molecule has 0 atom stereocenters. The standard InChI is InChI=1S/C24H31N3OSi/c1-18(2)23-22(25)21(26-17-27-23)16-28-29(24(3,4)5,19-12-8-6-9-13-19)20-14-10-7-11-15-20/h6-15,17-18H,16,25H2,1-5H3. The first-order valence-electron chi connectivity index (χ1n) is 10.1. The minimum absolute atomic E-state index is 0.0849. The number of hydrogen-bond donors (Lipinski definition) is 1. The second-order valence-electron chi connectivity index (χ2n) is 8.73. The van der Waals surface area contributed by atoms with Crippen LogP contribution in [0.5, 0.6) is 0 Å². The van der Waals surface area contributed by atoms with E-state index in [1.54, 1.807) is 6.33 Å². The lowest BCUT2D eigenvalue weighted by Gasteiger charge is -2.43. The zero-order chi connectivity index (χ0) is 21.1. The molecule has 0 saturated carbocycles. The molecule has 5 heteroatoms. The van der Waals surface area contributed by atoms with E-state index in [0.717, 1.165) is 11.4 Å². The van der Waals surface area contributed by atoms with E-state index in [0.29, 0.717) is 12.3 Å². The number of nitrogens with two attached hydrogens (primary N) is 1. The predicted octanol–water partition coefficient (Wildman–Crippen LogP) is 4.26. The van der Waals surface area contributed by atoms with Crippen LogP contribution in [0.25, 0.3) is 0 Å². The first kappa shape index (κ1) is 21.2. The van der Waals surface area contributed by atoms with Crippen molar-refractivity contribution in [3.8, 4) is 0 Å². The molecule has 0 bridgehead atoms. The second kappa shape index (κ2) is 8.47. The Hall–Kier alpha value is -2.50. The van der Waals surface area contributed by atoms with Crippen molar-refractivity contribution in [2.24, 2.45) is 0 Å². The third-order valence-electron chi connectivity index (χ3n) is 5.39. The van der Waals surface area contributed by atoms with Crippen LogP contribution in [-0.2, 0) is 11.0 Å². The van der Waals surface area contributed by atoms with Gasteiger partial charge in [-0.15, -0.1) is 0 Å². The van der Waals surface area contributed by atoms with Crippen molar-refractivity contribution < 1.29 is 4.43 Å². The fraction of sp³-hybridized carbons (Fsp3) is 0.333. The number of rotatable bonds is 6. The number of aromatic nitrogens is 2. The highest BCUT2D eigenvalue weighted by Gasteiger charge is 2.50. The van der Waals surface area contributed by atoms with E-state index >= 15 is 0 Å². The molecule has 4 nitrogen and oxygen atoms in total. The second-order valence-corrected chi connectivity index (χ2v) is 13.0. The molecule has 3 rings (SSSR count). The number of anilines is 1. The Balaban J connectivity index is 2.11. The van der Waals surface area contributed by atoms with Gasteiger partial charge in [-0.3, -0.25) is 0 Å². The summed E-state index contributed by atoms with van der Waals surface area (Å²) in [5.41, 5.74) is 8.69. The molecule has 152 valence electrons. The van der Waals surface area contributed by atoms with Gasteiger partial charge in [0.25, 0.3) is 8.32 Å². The molecule has 2 N–H and O–H groups in total. The molecule has 0 saturated heterocycles. The Morgan fingerprint density at radius 1 is 0.897 bits per heavy atom. The van der Waals surface area contributed by atoms with Crippen LogP contribution in [0.2, 0.25) is 5.04 Å². The molecule has 0 radical (unpaired) electrons. The lowest BCUT2D eigenvalue weighted by atomic mass is 10.1. The van der Waals surface area contributed by atoms with Gasteiger partial charge in [0.05, 0.1) is 23.7 Å². The molecule has 2 aromatic carbocycles. The molecule has 0 unspecified atom stereocenters. The van der Waals surface area contributed by atoms with E-state index in [1.165, 1.54) is 10.4 Å². The maximum Gasteiger partial charge on any atom is 0.261 e. The summed E-state index contributed by atoms with van der Waals surface area (Å²) < 4.78 is 6.94. The Bertz CT molecular complexity index is 898. The zero-order valence-electron chi connectivity index (χ0n) is 18.0. The molecule has 1 heterocycles. The van der Waals surface area contributed by atoms with Crippen LogP contribution in [0.15, 0.2) is 67.0 Å². The van der Waals surface area contributed by atoms with Gasteiger partial charge in [-0.25, -0.2) is 9.97 Å². The summed E-state index contributed by atoms with van der Waals surface area (Å²) in [5, 5.41) is 2.41. The van der Waals surface area contributed by atoms with Crippen molar-refractivity contribution in [3.05, 3.63) is 78.4 Å². The maximum atomic E-state index is 6.94. The number of hydrogen-bond acceptors (Lipinski definition) is 4. The smallest absolute Gasteiger partial charge is 0.261 e. The van der Waals surface area contributed by atoms with E-state index in [1.807, 2.05) is 12.1 Å². The van der Waals surface area contributed by atoms with Crippen molar-refractivity contribution in [2.75, 3.05) is 5.73 Å². The minimum Gasteiger partial charge on any atom is -0.401 e. The number of nitrogens with zero attached hydrogens (tertiary/aromatic N) is 2. The van der Waals surface area contributed by atoms with Gasteiger partial charge in [0.15, 0.2) is 0 Å². The van der Waals surface area contributed by atoms with Crippen LogP contribution >= 0.6 is 0 Å². The molecular formula is C24H31N3OSi. The molecule has 0 fully saturated rings. The van der Waals surface area contributed by atoms with E-state index in [4.69, 9.17) is 10.2 Å². The Morgan fingerprint density at radius 3 is 1.86 bits per heavy atom. The summed E-state index contributed by atoms with van der Waals surface area (Å²) >= 11 is 0. The summed E-state index contributed by atoms with van der Waals surface area (Å²) in [6.07, 6.45) is 1.59. The zero-order valence-corrected chi connectivity index (χ0v) is 19.0. The van der Waals surface area contributed by atoms with Crippen molar-refractivity contribution in [1.29, 1.82) is 0 Å². The van der Waals surface area contributed by atoms with Gasteiger partial charge in [-0.05, 0) is 21.3 Å². The first-order valence-corrected chi connectivity index (χ1v) is 12.0. The van der Waals surface area contributed by atoms with E-state index in [9.17, 15) is 0 Å². The van der Waals surface area contributed by atoms with Crippen LogP contribution in [0.4, 0.5) is 5.69 Å². The highest BCUT2D eigenvalue weighted by atomic mass is 28.4. The molecule has 29 heavy (non-hydrogen) atoms. The fourth-order valence-corrected chi connectivity index (χ4v) is 8.47. The average Bonchev–Trinajstić information content (AvgIpc) is 2.70. The third kappa shape index (κ3) is 4.11. The fourth-order valence-electron chi connectivity index (χ4n) is 3.96. The molecule has 0 amide bonds. The van der Waals surface area contributed by atoms with Crippen molar-refractivity contribution in [3.63, 3.8) is 0 Å². The largest absolute Gasteiger partial charge is 0.401 e. The van der Waals surface area contributed by atoms with Crippen molar-refractivity contribution in [2.45, 2.75) is 52.2 Å². The van der Waals surface area contributed by atoms with Gasteiger partial charge >= 0.3 is 0 Å². The lowest BCUT2D eigenvalue weighted by Crippen LogP contribution is -2.66. The molecule has 3 aromatic rings. The number of benzene rings is 2. The van der Waals surface area contributed by atoms with Crippen LogP contribution in [0, 0.1) is 0 Å². The summed E-state index contributed by atoms with van der Waals surface area (Å²) in [6, 6.07) is 21.2. The Labute approximate surface area is 175 Å². The van der Waals surface area contributed by atoms with Gasteiger partial charge in [0.2, 0.25) is 0 Å². The van der Waals surface area contributed by atoms with Crippen LogP contribution < -0.4 is 16.1 Å². The van der Waals surface area contributed by atoms with E-state index < -0.39 is 8.32 Å². The lowest BCUT2D eigenvalue weighted by molar-refractivity contribution is 0.282. The summed E-state index contributed by atoms with van der Waals surface area (Å²) in [5.74, 6) is 0.240. The molecule has 0 aliphatic rings. The normalized spacial score (nSPS) is 12.3. The van der Waals surface area contributed by atoms with Gasteiger partial charge in [-0.2, -0.15) is 0 Å².